The average molecular weight is 226 g/mol. The van der Waals surface area contributed by atoms with Gasteiger partial charge in [-0.25, -0.2) is 0 Å². The molecule has 0 radical (unpaired) electrons. The van der Waals surface area contributed by atoms with Crippen molar-refractivity contribution in [1.29, 1.82) is 0 Å². The van der Waals surface area contributed by atoms with Crippen molar-refractivity contribution in [2.24, 2.45) is 7.05 Å². The van der Waals surface area contributed by atoms with E-state index in [4.69, 9.17) is 5.73 Å². The van der Waals surface area contributed by atoms with Crippen LogP contribution in [0.1, 0.15) is 5.56 Å². The van der Waals surface area contributed by atoms with Crippen LogP contribution in [0.15, 0.2) is 30.6 Å². The molecule has 0 unspecified atom stereocenters. The highest BCUT2D eigenvalue weighted by atomic mass is 15.3. The molecule has 4 nitrogen and oxygen atoms in total. The highest BCUT2D eigenvalue weighted by molar-refractivity contribution is 5.97. The van der Waals surface area contributed by atoms with E-state index in [0.717, 1.165) is 16.8 Å². The SMILES string of the molecule is Cc1ccc2c(-c3c(N)cnn3C)c[nH]c2c1. The number of benzene rings is 1. The Morgan fingerprint density at radius 2 is 2.18 bits per heavy atom. The van der Waals surface area contributed by atoms with Crippen molar-refractivity contribution in [1.82, 2.24) is 14.8 Å². The molecule has 0 amide bonds. The van der Waals surface area contributed by atoms with Crippen molar-refractivity contribution in [2.75, 3.05) is 5.73 Å². The van der Waals surface area contributed by atoms with Gasteiger partial charge in [0, 0.05) is 29.7 Å². The number of nitrogens with zero attached hydrogens (tertiary/aromatic N) is 2. The Hall–Kier alpha value is -2.23. The van der Waals surface area contributed by atoms with E-state index >= 15 is 0 Å². The number of H-pyrrole nitrogens is 1. The number of nitrogens with two attached hydrogens (primary N) is 1. The number of aromatic nitrogens is 3. The number of fused-ring (bicyclic) bond motifs is 1. The van der Waals surface area contributed by atoms with E-state index in [-0.39, 0.29) is 0 Å². The van der Waals surface area contributed by atoms with Gasteiger partial charge in [-0.05, 0) is 18.6 Å². The van der Waals surface area contributed by atoms with Crippen LogP contribution in [-0.4, -0.2) is 14.8 Å². The number of hydrogen-bond donors (Lipinski definition) is 2. The zero-order valence-electron chi connectivity index (χ0n) is 9.86. The summed E-state index contributed by atoms with van der Waals surface area (Å²) in [5, 5.41) is 5.35. The van der Waals surface area contributed by atoms with E-state index in [0.29, 0.717) is 5.69 Å². The van der Waals surface area contributed by atoms with Gasteiger partial charge < -0.3 is 10.7 Å². The molecule has 0 aliphatic rings. The second-order valence-electron chi connectivity index (χ2n) is 4.32. The molecule has 0 fully saturated rings. The van der Waals surface area contributed by atoms with Crippen LogP contribution >= 0.6 is 0 Å². The molecule has 1 aromatic carbocycles. The molecule has 17 heavy (non-hydrogen) atoms. The number of nitrogen functional groups attached to an aromatic ring is 1. The number of aryl methyl sites for hydroxylation is 2. The van der Waals surface area contributed by atoms with Crippen molar-refractivity contribution >= 4 is 16.6 Å². The van der Waals surface area contributed by atoms with Crippen LogP contribution in [0.3, 0.4) is 0 Å². The Morgan fingerprint density at radius 3 is 2.88 bits per heavy atom. The van der Waals surface area contributed by atoms with Gasteiger partial charge in [0.15, 0.2) is 0 Å². The first-order chi connectivity index (χ1) is 8.16. The minimum absolute atomic E-state index is 0.703. The number of hydrogen-bond acceptors (Lipinski definition) is 2. The number of nitrogens with one attached hydrogen (secondary N) is 1. The van der Waals surface area contributed by atoms with E-state index < -0.39 is 0 Å². The number of aromatic amines is 1. The molecule has 2 heterocycles. The largest absolute Gasteiger partial charge is 0.396 e. The summed E-state index contributed by atoms with van der Waals surface area (Å²) in [7, 11) is 1.90. The molecule has 3 aromatic rings. The Bertz CT molecular complexity index is 671. The topological polar surface area (TPSA) is 59.6 Å². The average Bonchev–Trinajstić information content (AvgIpc) is 2.83. The smallest absolute Gasteiger partial charge is 0.0930 e. The molecule has 0 saturated heterocycles. The maximum Gasteiger partial charge on any atom is 0.0930 e. The zero-order valence-corrected chi connectivity index (χ0v) is 9.86. The number of anilines is 1. The molecule has 0 saturated carbocycles. The molecule has 86 valence electrons. The van der Waals surface area contributed by atoms with Gasteiger partial charge in [-0.15, -0.1) is 0 Å². The standard InChI is InChI=1S/C13H14N4/c1-8-3-4-9-10(6-15-12(9)5-8)13-11(14)7-16-17(13)2/h3-7,15H,14H2,1-2H3. The fourth-order valence-corrected chi connectivity index (χ4v) is 2.22. The van der Waals surface area contributed by atoms with Crippen LogP contribution in [0, 0.1) is 6.92 Å². The fourth-order valence-electron chi connectivity index (χ4n) is 2.22. The summed E-state index contributed by atoms with van der Waals surface area (Å²) in [5.74, 6) is 0. The van der Waals surface area contributed by atoms with Gasteiger partial charge in [0.1, 0.15) is 0 Å². The van der Waals surface area contributed by atoms with Gasteiger partial charge >= 0.3 is 0 Å². The molecule has 3 rings (SSSR count). The molecule has 2 aromatic heterocycles. The molecule has 0 bridgehead atoms. The van der Waals surface area contributed by atoms with Gasteiger partial charge in [-0.3, -0.25) is 4.68 Å². The van der Waals surface area contributed by atoms with Crippen LogP contribution in [0.4, 0.5) is 5.69 Å². The fraction of sp³-hybridized carbons (Fsp3) is 0.154. The Balaban J connectivity index is 2.32. The minimum atomic E-state index is 0.703. The summed E-state index contributed by atoms with van der Waals surface area (Å²) in [6.07, 6.45) is 3.67. The monoisotopic (exact) mass is 226 g/mol. The van der Waals surface area contributed by atoms with E-state index in [9.17, 15) is 0 Å². The Labute approximate surface area is 99.1 Å². The molecule has 0 atom stereocenters. The summed E-state index contributed by atoms with van der Waals surface area (Å²) >= 11 is 0. The predicted molar refractivity (Wildman–Crippen MR) is 69.7 cm³/mol. The van der Waals surface area contributed by atoms with Crippen molar-refractivity contribution < 1.29 is 0 Å². The van der Waals surface area contributed by atoms with Crippen molar-refractivity contribution in [3.8, 4) is 11.3 Å². The second kappa shape index (κ2) is 3.38. The first-order valence-corrected chi connectivity index (χ1v) is 5.52. The molecule has 3 N–H and O–H groups in total. The molecular weight excluding hydrogens is 212 g/mol. The van der Waals surface area contributed by atoms with E-state index in [2.05, 4.69) is 35.2 Å². The first-order valence-electron chi connectivity index (χ1n) is 5.52. The highest BCUT2D eigenvalue weighted by Gasteiger charge is 2.12. The number of rotatable bonds is 1. The zero-order chi connectivity index (χ0) is 12.0. The lowest BCUT2D eigenvalue weighted by molar-refractivity contribution is 0.776. The van der Waals surface area contributed by atoms with Gasteiger partial charge in [0.05, 0.1) is 17.6 Å². The van der Waals surface area contributed by atoms with Crippen molar-refractivity contribution in [3.05, 3.63) is 36.2 Å². The lowest BCUT2D eigenvalue weighted by Crippen LogP contribution is -1.95. The molecule has 0 aliphatic heterocycles. The van der Waals surface area contributed by atoms with E-state index in [1.54, 1.807) is 10.9 Å². The normalized spacial score (nSPS) is 11.2. The molecule has 0 aliphatic carbocycles. The van der Waals surface area contributed by atoms with Gasteiger partial charge in [0.25, 0.3) is 0 Å². The third-order valence-electron chi connectivity index (χ3n) is 3.06. The van der Waals surface area contributed by atoms with Gasteiger partial charge in [-0.1, -0.05) is 12.1 Å². The van der Waals surface area contributed by atoms with Gasteiger partial charge in [0.2, 0.25) is 0 Å². The van der Waals surface area contributed by atoms with Gasteiger partial charge in [-0.2, -0.15) is 5.10 Å². The lowest BCUT2D eigenvalue weighted by Gasteiger charge is -2.02. The highest BCUT2D eigenvalue weighted by Crippen LogP contribution is 2.32. The Kier molecular flexibility index (Phi) is 1.98. The second-order valence-corrected chi connectivity index (χ2v) is 4.32. The van der Waals surface area contributed by atoms with Crippen LogP contribution in [-0.2, 0) is 7.05 Å². The van der Waals surface area contributed by atoms with Crippen molar-refractivity contribution in [2.45, 2.75) is 6.92 Å². The summed E-state index contributed by atoms with van der Waals surface area (Å²) in [6.45, 7) is 2.08. The van der Waals surface area contributed by atoms with E-state index in [1.807, 2.05) is 13.2 Å². The third-order valence-corrected chi connectivity index (χ3v) is 3.06. The molecule has 0 spiro atoms. The maximum absolute atomic E-state index is 5.96. The third kappa shape index (κ3) is 1.41. The maximum atomic E-state index is 5.96. The predicted octanol–water partition coefficient (Wildman–Crippen LogP) is 2.46. The van der Waals surface area contributed by atoms with Crippen molar-refractivity contribution in [3.63, 3.8) is 0 Å². The summed E-state index contributed by atoms with van der Waals surface area (Å²) in [6, 6.07) is 6.35. The lowest BCUT2D eigenvalue weighted by atomic mass is 10.1. The van der Waals surface area contributed by atoms with Crippen LogP contribution in [0.5, 0.6) is 0 Å². The molecule has 4 heteroatoms. The summed E-state index contributed by atoms with van der Waals surface area (Å²) < 4.78 is 1.80. The summed E-state index contributed by atoms with van der Waals surface area (Å²) in [4.78, 5) is 3.28. The van der Waals surface area contributed by atoms with Crippen LogP contribution < -0.4 is 5.73 Å². The first kappa shape index (κ1) is 9.96. The molecular formula is C13H14N4. The quantitative estimate of drug-likeness (QED) is 0.669. The minimum Gasteiger partial charge on any atom is -0.396 e. The van der Waals surface area contributed by atoms with Crippen LogP contribution in [0.2, 0.25) is 0 Å². The van der Waals surface area contributed by atoms with Crippen LogP contribution in [0.25, 0.3) is 22.2 Å². The van der Waals surface area contributed by atoms with E-state index in [1.165, 1.54) is 10.9 Å². The summed E-state index contributed by atoms with van der Waals surface area (Å²) in [5.41, 5.74) is 11.1. The Morgan fingerprint density at radius 1 is 1.35 bits per heavy atom.